The van der Waals surface area contributed by atoms with Gasteiger partial charge in [0.2, 0.25) is 0 Å². The zero-order valence-corrected chi connectivity index (χ0v) is 16.8. The Labute approximate surface area is 172 Å². The fourth-order valence-corrected chi connectivity index (χ4v) is 4.20. The SMILES string of the molecule is Nc1ccc2c(c1)C(OCCCN1CCCCC1)=C(c1ccccc1)NC2C=O. The highest BCUT2D eigenvalue weighted by molar-refractivity contribution is 5.92. The molecule has 1 atom stereocenters. The van der Waals surface area contributed by atoms with Crippen molar-refractivity contribution >= 4 is 23.4 Å². The molecule has 0 spiro atoms. The van der Waals surface area contributed by atoms with E-state index in [0.29, 0.717) is 12.3 Å². The Morgan fingerprint density at radius 2 is 1.90 bits per heavy atom. The number of rotatable bonds is 7. The Balaban J connectivity index is 1.59. The number of nitrogens with two attached hydrogens (primary N) is 1. The second-order valence-electron chi connectivity index (χ2n) is 7.78. The Kier molecular flexibility index (Phi) is 6.15. The molecule has 0 amide bonds. The smallest absolute Gasteiger partial charge is 0.150 e. The van der Waals surface area contributed by atoms with Crippen molar-refractivity contribution in [1.29, 1.82) is 0 Å². The second kappa shape index (κ2) is 9.14. The van der Waals surface area contributed by atoms with Crippen molar-refractivity contribution in [3.05, 3.63) is 65.2 Å². The molecule has 2 aromatic rings. The van der Waals surface area contributed by atoms with Crippen LogP contribution in [0, 0.1) is 0 Å². The summed E-state index contributed by atoms with van der Waals surface area (Å²) in [6, 6.07) is 15.3. The molecule has 1 fully saturated rings. The highest BCUT2D eigenvalue weighted by Gasteiger charge is 2.28. The third kappa shape index (κ3) is 4.46. The number of hydrogen-bond acceptors (Lipinski definition) is 5. The number of hydrogen-bond donors (Lipinski definition) is 2. The summed E-state index contributed by atoms with van der Waals surface area (Å²) in [7, 11) is 0. The number of nitrogen functional groups attached to an aromatic ring is 1. The van der Waals surface area contributed by atoms with Crippen LogP contribution in [0.1, 0.15) is 48.4 Å². The molecule has 1 unspecified atom stereocenters. The largest absolute Gasteiger partial charge is 0.491 e. The topological polar surface area (TPSA) is 67.6 Å². The number of likely N-dealkylation sites (tertiary alicyclic amines) is 1. The highest BCUT2D eigenvalue weighted by Crippen LogP contribution is 2.37. The number of fused-ring (bicyclic) bond motifs is 1. The number of carbonyl (C=O) groups is 1. The molecule has 5 heteroatoms. The summed E-state index contributed by atoms with van der Waals surface area (Å²) in [5.74, 6) is 0.773. The number of anilines is 1. The Morgan fingerprint density at radius 3 is 2.66 bits per heavy atom. The highest BCUT2D eigenvalue weighted by atomic mass is 16.5. The van der Waals surface area contributed by atoms with Crippen LogP contribution in [0.2, 0.25) is 0 Å². The lowest BCUT2D eigenvalue weighted by Gasteiger charge is -2.30. The van der Waals surface area contributed by atoms with Gasteiger partial charge in [-0.2, -0.15) is 0 Å². The van der Waals surface area contributed by atoms with Crippen LogP contribution in [0.15, 0.2) is 48.5 Å². The van der Waals surface area contributed by atoms with Crippen LogP contribution < -0.4 is 11.1 Å². The Bertz CT molecular complexity index is 873. The maximum atomic E-state index is 11.8. The zero-order valence-electron chi connectivity index (χ0n) is 16.8. The second-order valence-corrected chi connectivity index (χ2v) is 7.78. The van der Waals surface area contributed by atoms with Gasteiger partial charge >= 0.3 is 0 Å². The average molecular weight is 392 g/mol. The summed E-state index contributed by atoms with van der Waals surface area (Å²) >= 11 is 0. The van der Waals surface area contributed by atoms with Gasteiger partial charge in [-0.05, 0) is 50.0 Å². The first-order valence-electron chi connectivity index (χ1n) is 10.5. The van der Waals surface area contributed by atoms with Gasteiger partial charge in [0.05, 0.1) is 12.3 Å². The first-order chi connectivity index (χ1) is 14.3. The van der Waals surface area contributed by atoms with Crippen molar-refractivity contribution in [3.8, 4) is 0 Å². The van der Waals surface area contributed by atoms with Gasteiger partial charge in [-0.25, -0.2) is 0 Å². The molecule has 0 aliphatic carbocycles. The summed E-state index contributed by atoms with van der Waals surface area (Å²) < 4.78 is 6.33. The van der Waals surface area contributed by atoms with Gasteiger partial charge in [0.25, 0.3) is 0 Å². The van der Waals surface area contributed by atoms with Crippen LogP contribution in [0.4, 0.5) is 5.69 Å². The van der Waals surface area contributed by atoms with E-state index < -0.39 is 6.04 Å². The van der Waals surface area contributed by atoms with E-state index in [9.17, 15) is 4.79 Å². The molecule has 152 valence electrons. The molecular formula is C24H29N3O2. The molecule has 2 aliphatic rings. The van der Waals surface area contributed by atoms with E-state index in [1.165, 1.54) is 32.4 Å². The van der Waals surface area contributed by atoms with Crippen LogP contribution in [-0.2, 0) is 9.53 Å². The minimum absolute atomic E-state index is 0.415. The normalized spacial score (nSPS) is 19.4. The fourth-order valence-electron chi connectivity index (χ4n) is 4.20. The third-order valence-electron chi connectivity index (χ3n) is 5.70. The summed E-state index contributed by atoms with van der Waals surface area (Å²) in [6.45, 7) is 4.08. The molecule has 0 aromatic heterocycles. The number of nitrogens with one attached hydrogen (secondary N) is 1. The van der Waals surface area contributed by atoms with Crippen LogP contribution in [0.3, 0.4) is 0 Å². The van der Waals surface area contributed by atoms with E-state index in [-0.39, 0.29) is 0 Å². The molecule has 4 rings (SSSR count). The molecule has 3 N–H and O–H groups in total. The molecule has 2 aliphatic heterocycles. The molecule has 2 aromatic carbocycles. The van der Waals surface area contributed by atoms with Crippen LogP contribution in [0.5, 0.6) is 0 Å². The number of nitrogens with zero attached hydrogens (tertiary/aromatic N) is 1. The molecule has 0 bridgehead atoms. The summed E-state index contributed by atoms with van der Waals surface area (Å²) in [5, 5.41) is 3.37. The Morgan fingerprint density at radius 1 is 1.10 bits per heavy atom. The van der Waals surface area contributed by atoms with Crippen LogP contribution in [-0.4, -0.2) is 37.4 Å². The minimum Gasteiger partial charge on any atom is -0.491 e. The Hall–Kier alpha value is -2.79. The van der Waals surface area contributed by atoms with E-state index in [1.54, 1.807) is 0 Å². The first kappa shape index (κ1) is 19.5. The maximum absolute atomic E-state index is 11.8. The van der Waals surface area contributed by atoms with Gasteiger partial charge in [-0.1, -0.05) is 42.8 Å². The molecule has 0 saturated carbocycles. The van der Waals surface area contributed by atoms with Gasteiger partial charge in [-0.3, -0.25) is 0 Å². The number of ether oxygens (including phenoxy) is 1. The maximum Gasteiger partial charge on any atom is 0.150 e. The van der Waals surface area contributed by atoms with Crippen molar-refractivity contribution in [2.45, 2.75) is 31.7 Å². The predicted octanol–water partition coefficient (Wildman–Crippen LogP) is 3.83. The van der Waals surface area contributed by atoms with E-state index in [2.05, 4.69) is 10.2 Å². The molecule has 1 saturated heterocycles. The van der Waals surface area contributed by atoms with E-state index in [1.807, 2.05) is 48.5 Å². The number of piperidine rings is 1. The molecule has 29 heavy (non-hydrogen) atoms. The minimum atomic E-state index is -0.415. The standard InChI is InChI=1S/C24H29N3O2/c25-19-10-11-20-21(16-19)24(29-15-7-14-27-12-5-2-6-13-27)23(26-22(20)17-28)18-8-3-1-4-9-18/h1,3-4,8-11,16-17,22,26H,2,5-7,12-15,25H2. The van der Waals surface area contributed by atoms with E-state index in [0.717, 1.165) is 47.4 Å². The summed E-state index contributed by atoms with van der Waals surface area (Å²) in [4.78, 5) is 14.3. The fraction of sp³-hybridized carbons (Fsp3) is 0.375. The van der Waals surface area contributed by atoms with Gasteiger partial charge in [0.15, 0.2) is 5.76 Å². The van der Waals surface area contributed by atoms with Crippen LogP contribution in [0.25, 0.3) is 11.5 Å². The van der Waals surface area contributed by atoms with Crippen molar-refractivity contribution < 1.29 is 9.53 Å². The van der Waals surface area contributed by atoms with Crippen molar-refractivity contribution in [2.75, 3.05) is 32.0 Å². The van der Waals surface area contributed by atoms with E-state index in [4.69, 9.17) is 10.5 Å². The van der Waals surface area contributed by atoms with E-state index >= 15 is 0 Å². The number of benzene rings is 2. The molecular weight excluding hydrogens is 362 g/mol. The molecule has 2 heterocycles. The third-order valence-corrected chi connectivity index (χ3v) is 5.70. The van der Waals surface area contributed by atoms with Gasteiger partial charge in [0, 0.05) is 23.4 Å². The van der Waals surface area contributed by atoms with Gasteiger partial charge in [-0.15, -0.1) is 0 Å². The lowest BCUT2D eigenvalue weighted by Crippen LogP contribution is -2.31. The van der Waals surface area contributed by atoms with Crippen molar-refractivity contribution in [3.63, 3.8) is 0 Å². The van der Waals surface area contributed by atoms with Crippen LogP contribution >= 0.6 is 0 Å². The quantitative estimate of drug-likeness (QED) is 0.427. The number of carbonyl (C=O) groups excluding carboxylic acids is 1. The average Bonchev–Trinajstić information content (AvgIpc) is 2.77. The van der Waals surface area contributed by atoms with Gasteiger partial charge in [0.1, 0.15) is 12.3 Å². The number of aldehydes is 1. The summed E-state index contributed by atoms with van der Waals surface area (Å²) in [6.07, 6.45) is 5.86. The first-order valence-corrected chi connectivity index (χ1v) is 10.5. The summed E-state index contributed by atoms with van der Waals surface area (Å²) in [5.41, 5.74) is 10.4. The molecule has 5 nitrogen and oxygen atoms in total. The lowest BCUT2D eigenvalue weighted by atomic mass is 9.92. The van der Waals surface area contributed by atoms with Gasteiger partial charge < -0.3 is 25.5 Å². The predicted molar refractivity (Wildman–Crippen MR) is 117 cm³/mol. The molecule has 0 radical (unpaired) electrons. The lowest BCUT2D eigenvalue weighted by molar-refractivity contribution is -0.109. The zero-order chi connectivity index (χ0) is 20.1. The van der Waals surface area contributed by atoms with Crippen molar-refractivity contribution in [2.24, 2.45) is 0 Å². The van der Waals surface area contributed by atoms with Crippen molar-refractivity contribution in [1.82, 2.24) is 10.2 Å². The monoisotopic (exact) mass is 391 g/mol.